The van der Waals surface area contributed by atoms with Crippen LogP contribution < -0.4 is 5.32 Å². The highest BCUT2D eigenvalue weighted by molar-refractivity contribution is 5.94. The Hall–Kier alpha value is -2.94. The quantitative estimate of drug-likeness (QED) is 0.629. The SMILES string of the molecule is Cc1ncc(-c2cnc3cnc(NC(=O)C4CCC(N(C)CC(F)F)CC4)cc3c2)o1. The van der Waals surface area contributed by atoms with Crippen molar-refractivity contribution < 1.29 is 18.0 Å². The minimum absolute atomic E-state index is 0.0863. The third-order valence-corrected chi connectivity index (χ3v) is 5.84. The minimum atomic E-state index is -2.34. The van der Waals surface area contributed by atoms with Crippen LogP contribution >= 0.6 is 0 Å². The van der Waals surface area contributed by atoms with Crippen molar-refractivity contribution in [2.24, 2.45) is 5.92 Å². The summed E-state index contributed by atoms with van der Waals surface area (Å²) in [6, 6.07) is 3.81. The van der Waals surface area contributed by atoms with Crippen molar-refractivity contribution in [3.05, 3.63) is 36.6 Å². The number of oxazole rings is 1. The van der Waals surface area contributed by atoms with E-state index in [0.717, 1.165) is 23.8 Å². The first-order valence-electron chi connectivity index (χ1n) is 10.4. The molecule has 0 spiro atoms. The van der Waals surface area contributed by atoms with Gasteiger partial charge in [-0.15, -0.1) is 0 Å². The van der Waals surface area contributed by atoms with E-state index >= 15 is 0 Å². The first-order chi connectivity index (χ1) is 14.9. The number of nitrogens with zero attached hydrogens (tertiary/aromatic N) is 4. The van der Waals surface area contributed by atoms with Gasteiger partial charge in [0, 0.05) is 36.0 Å². The predicted octanol–water partition coefficient (Wildman–Crippen LogP) is 4.29. The van der Waals surface area contributed by atoms with E-state index in [4.69, 9.17) is 4.42 Å². The minimum Gasteiger partial charge on any atom is -0.441 e. The van der Waals surface area contributed by atoms with Gasteiger partial charge in [-0.05, 0) is 44.9 Å². The molecule has 0 atom stereocenters. The summed E-state index contributed by atoms with van der Waals surface area (Å²) in [4.78, 5) is 27.2. The molecule has 4 rings (SSSR count). The molecule has 1 amide bonds. The van der Waals surface area contributed by atoms with Gasteiger partial charge in [-0.1, -0.05) is 0 Å². The van der Waals surface area contributed by atoms with Gasteiger partial charge in [0.25, 0.3) is 6.43 Å². The Balaban J connectivity index is 1.41. The Morgan fingerprint density at radius 3 is 2.61 bits per heavy atom. The zero-order valence-electron chi connectivity index (χ0n) is 17.5. The fraction of sp³-hybridized carbons (Fsp3) is 0.455. The van der Waals surface area contributed by atoms with Crippen LogP contribution in [0.15, 0.2) is 35.1 Å². The Kier molecular flexibility index (Phi) is 6.22. The van der Waals surface area contributed by atoms with Crippen molar-refractivity contribution in [2.45, 2.75) is 45.1 Å². The van der Waals surface area contributed by atoms with Gasteiger partial charge in [0.1, 0.15) is 5.82 Å². The molecule has 0 aliphatic heterocycles. The van der Waals surface area contributed by atoms with Crippen LogP contribution in [0.3, 0.4) is 0 Å². The van der Waals surface area contributed by atoms with Gasteiger partial charge in [0.15, 0.2) is 11.7 Å². The van der Waals surface area contributed by atoms with E-state index in [1.54, 1.807) is 43.5 Å². The van der Waals surface area contributed by atoms with Crippen LogP contribution in [-0.2, 0) is 4.79 Å². The number of aromatic nitrogens is 3. The number of hydrogen-bond donors (Lipinski definition) is 1. The molecular weight excluding hydrogens is 404 g/mol. The third kappa shape index (κ3) is 5.04. The van der Waals surface area contributed by atoms with Gasteiger partial charge in [-0.3, -0.25) is 14.7 Å². The maximum atomic E-state index is 12.7. The number of amides is 1. The predicted molar refractivity (Wildman–Crippen MR) is 113 cm³/mol. The van der Waals surface area contributed by atoms with E-state index in [2.05, 4.69) is 20.3 Å². The molecule has 1 saturated carbocycles. The number of hydrogen-bond acceptors (Lipinski definition) is 6. The molecule has 0 unspecified atom stereocenters. The standard InChI is InChI=1S/C22H25F2N5O2/c1-13-25-11-19(31-13)16-7-15-8-21(27-10-18(15)26-9-16)28-22(30)14-3-5-17(6-4-14)29(2)12-20(23)24/h7-11,14,17,20H,3-6,12H2,1-2H3,(H,27,28,30). The zero-order chi connectivity index (χ0) is 22.0. The Morgan fingerprint density at radius 2 is 1.94 bits per heavy atom. The van der Waals surface area contributed by atoms with Crippen LogP contribution in [0.1, 0.15) is 31.6 Å². The number of fused-ring (bicyclic) bond motifs is 1. The molecule has 3 heterocycles. The van der Waals surface area contributed by atoms with Crippen molar-refractivity contribution in [3.63, 3.8) is 0 Å². The van der Waals surface area contributed by atoms with Gasteiger partial charge in [-0.2, -0.15) is 0 Å². The summed E-state index contributed by atoms with van der Waals surface area (Å²) in [5, 5.41) is 3.72. The molecule has 9 heteroatoms. The lowest BCUT2D eigenvalue weighted by Crippen LogP contribution is -2.39. The molecule has 7 nitrogen and oxygen atoms in total. The first kappa shape index (κ1) is 21.3. The number of halogens is 2. The second-order valence-corrected chi connectivity index (χ2v) is 8.06. The summed E-state index contributed by atoms with van der Waals surface area (Å²) in [6.45, 7) is 1.55. The highest BCUT2D eigenvalue weighted by Crippen LogP contribution is 2.29. The molecule has 0 bridgehead atoms. The van der Waals surface area contributed by atoms with Crippen molar-refractivity contribution in [1.82, 2.24) is 19.9 Å². The maximum absolute atomic E-state index is 12.7. The first-order valence-corrected chi connectivity index (χ1v) is 10.4. The summed E-state index contributed by atoms with van der Waals surface area (Å²) in [6.07, 6.45) is 5.45. The van der Waals surface area contributed by atoms with Crippen molar-refractivity contribution >= 4 is 22.6 Å². The van der Waals surface area contributed by atoms with Gasteiger partial charge in [0.2, 0.25) is 5.91 Å². The summed E-state index contributed by atoms with van der Waals surface area (Å²) in [7, 11) is 1.72. The number of nitrogens with one attached hydrogen (secondary N) is 1. The molecule has 0 saturated heterocycles. The second-order valence-electron chi connectivity index (χ2n) is 8.06. The number of carbonyl (C=O) groups is 1. The van der Waals surface area contributed by atoms with Crippen molar-refractivity contribution in [3.8, 4) is 11.3 Å². The van der Waals surface area contributed by atoms with Gasteiger partial charge in [0.05, 0.1) is 24.5 Å². The third-order valence-electron chi connectivity index (χ3n) is 5.84. The fourth-order valence-electron chi connectivity index (χ4n) is 4.10. The normalized spacial score (nSPS) is 19.3. The molecule has 3 aromatic heterocycles. The van der Waals surface area contributed by atoms with E-state index < -0.39 is 6.43 Å². The molecule has 1 N–H and O–H groups in total. The van der Waals surface area contributed by atoms with Crippen LogP contribution in [0.5, 0.6) is 0 Å². The van der Waals surface area contributed by atoms with E-state index in [9.17, 15) is 13.6 Å². The smallest absolute Gasteiger partial charge is 0.251 e. The second kappa shape index (κ2) is 9.05. The van der Waals surface area contributed by atoms with E-state index in [1.165, 1.54) is 0 Å². The van der Waals surface area contributed by atoms with Crippen LogP contribution in [0.25, 0.3) is 22.2 Å². The molecule has 0 aromatic carbocycles. The lowest BCUT2D eigenvalue weighted by molar-refractivity contribution is -0.121. The largest absolute Gasteiger partial charge is 0.441 e. The Labute approximate surface area is 178 Å². The highest BCUT2D eigenvalue weighted by Gasteiger charge is 2.29. The number of alkyl halides is 2. The monoisotopic (exact) mass is 429 g/mol. The highest BCUT2D eigenvalue weighted by atomic mass is 19.3. The number of rotatable bonds is 6. The lowest BCUT2D eigenvalue weighted by atomic mass is 9.85. The van der Waals surface area contributed by atoms with E-state index in [0.29, 0.717) is 35.8 Å². The molecule has 1 aliphatic carbocycles. The molecule has 0 radical (unpaired) electrons. The number of aryl methyl sites for hydroxylation is 1. The van der Waals surface area contributed by atoms with Crippen LogP contribution in [0, 0.1) is 12.8 Å². The maximum Gasteiger partial charge on any atom is 0.251 e. The summed E-state index contributed by atoms with van der Waals surface area (Å²) >= 11 is 0. The molecule has 31 heavy (non-hydrogen) atoms. The molecule has 3 aromatic rings. The number of carbonyl (C=O) groups excluding carboxylic acids is 1. The fourth-order valence-corrected chi connectivity index (χ4v) is 4.10. The number of pyridine rings is 2. The van der Waals surface area contributed by atoms with Gasteiger partial charge in [-0.25, -0.2) is 18.7 Å². The van der Waals surface area contributed by atoms with Crippen molar-refractivity contribution in [2.75, 3.05) is 18.9 Å². The Morgan fingerprint density at radius 1 is 1.16 bits per heavy atom. The van der Waals surface area contributed by atoms with Crippen LogP contribution in [0.4, 0.5) is 14.6 Å². The molecule has 164 valence electrons. The topological polar surface area (TPSA) is 84.2 Å². The van der Waals surface area contributed by atoms with Crippen LogP contribution in [0.2, 0.25) is 0 Å². The van der Waals surface area contributed by atoms with Gasteiger partial charge >= 0.3 is 0 Å². The summed E-state index contributed by atoms with van der Waals surface area (Å²) in [5.74, 6) is 1.44. The lowest BCUT2D eigenvalue weighted by Gasteiger charge is -2.33. The van der Waals surface area contributed by atoms with E-state index in [-0.39, 0.29) is 24.4 Å². The van der Waals surface area contributed by atoms with Crippen LogP contribution in [-0.4, -0.2) is 51.8 Å². The van der Waals surface area contributed by atoms with Crippen molar-refractivity contribution in [1.29, 1.82) is 0 Å². The summed E-state index contributed by atoms with van der Waals surface area (Å²) in [5.41, 5.74) is 1.50. The number of anilines is 1. The van der Waals surface area contributed by atoms with Gasteiger partial charge < -0.3 is 9.73 Å². The zero-order valence-corrected chi connectivity index (χ0v) is 17.5. The summed E-state index contributed by atoms with van der Waals surface area (Å²) < 4.78 is 30.7. The molecule has 1 aliphatic rings. The van der Waals surface area contributed by atoms with E-state index in [1.807, 2.05) is 6.07 Å². The molecular formula is C22H25F2N5O2. The average Bonchev–Trinajstić information content (AvgIpc) is 3.19. The molecule has 1 fully saturated rings. The Bertz CT molecular complexity index is 1060. The average molecular weight is 429 g/mol.